The second-order valence-corrected chi connectivity index (χ2v) is 7.00. The molecule has 2 heterocycles. The van der Waals surface area contributed by atoms with Gasteiger partial charge < -0.3 is 9.72 Å². The monoisotopic (exact) mass is 371 g/mol. The maximum atomic E-state index is 12.3. The molecule has 0 saturated carbocycles. The molecule has 2 N–H and O–H groups in total. The molecule has 0 spiro atoms. The summed E-state index contributed by atoms with van der Waals surface area (Å²) in [5, 5.41) is 4.17. The number of carbonyl (C=O) groups excluding carboxylic acids is 2. The molecule has 7 nitrogen and oxygen atoms in total. The van der Waals surface area contributed by atoms with Crippen LogP contribution in [0.4, 0.5) is 5.13 Å². The molecule has 0 radical (unpaired) electrons. The molecule has 0 aliphatic carbocycles. The maximum absolute atomic E-state index is 12.3. The summed E-state index contributed by atoms with van der Waals surface area (Å²) in [6.45, 7) is 5.21. The lowest BCUT2D eigenvalue weighted by molar-refractivity contribution is -0.123. The molecule has 0 bridgehead atoms. The van der Waals surface area contributed by atoms with Gasteiger partial charge in [-0.1, -0.05) is 18.2 Å². The van der Waals surface area contributed by atoms with Crippen molar-refractivity contribution in [1.29, 1.82) is 0 Å². The van der Waals surface area contributed by atoms with E-state index in [1.165, 1.54) is 24.3 Å². The first-order valence-corrected chi connectivity index (χ1v) is 8.74. The van der Waals surface area contributed by atoms with Crippen LogP contribution in [0.3, 0.4) is 0 Å². The molecule has 0 aliphatic rings. The number of hydrogen-bond acceptors (Lipinski definition) is 6. The Hall–Kier alpha value is -3.00. The number of amides is 1. The lowest BCUT2D eigenvalue weighted by atomic mass is 10.1. The van der Waals surface area contributed by atoms with E-state index in [0.29, 0.717) is 15.9 Å². The molecule has 0 unspecified atom stereocenters. The van der Waals surface area contributed by atoms with Gasteiger partial charge in [-0.05, 0) is 38.3 Å². The summed E-state index contributed by atoms with van der Waals surface area (Å²) < 4.78 is 5.17. The predicted octanol–water partition coefficient (Wildman–Crippen LogP) is 2.79. The lowest BCUT2D eigenvalue weighted by Gasteiger charge is -2.12. The van der Waals surface area contributed by atoms with Crippen molar-refractivity contribution in [2.24, 2.45) is 0 Å². The highest BCUT2D eigenvalue weighted by Crippen LogP contribution is 2.21. The zero-order valence-electron chi connectivity index (χ0n) is 14.5. The first-order valence-electron chi connectivity index (χ1n) is 7.93. The van der Waals surface area contributed by atoms with E-state index in [0.717, 1.165) is 10.6 Å². The molecule has 0 fully saturated rings. The Labute approximate surface area is 153 Å². The number of H-pyrrole nitrogens is 1. The van der Waals surface area contributed by atoms with Crippen molar-refractivity contribution in [3.63, 3.8) is 0 Å². The first kappa shape index (κ1) is 17.8. The van der Waals surface area contributed by atoms with E-state index in [4.69, 9.17) is 4.74 Å². The quantitative estimate of drug-likeness (QED) is 0.687. The molecule has 26 heavy (non-hydrogen) atoms. The standard InChI is InChI=1S/C18H17N3O4S/c1-9-11(3)26-18(19-9)21-15(22)10(2)25-17(24)14-8-12-6-4-5-7-13(12)16(23)20-14/h4-8,10H,1-3H3,(H,20,23)(H,19,21,22)/t10-/m0/s1. The number of aromatic nitrogens is 2. The number of nitrogens with zero attached hydrogens (tertiary/aromatic N) is 1. The van der Waals surface area contributed by atoms with Crippen molar-refractivity contribution in [3.8, 4) is 0 Å². The molecule has 3 rings (SSSR count). The minimum absolute atomic E-state index is 0.00529. The van der Waals surface area contributed by atoms with Crippen molar-refractivity contribution in [1.82, 2.24) is 9.97 Å². The van der Waals surface area contributed by atoms with E-state index in [2.05, 4.69) is 15.3 Å². The minimum Gasteiger partial charge on any atom is -0.448 e. The highest BCUT2D eigenvalue weighted by Gasteiger charge is 2.21. The number of pyridine rings is 1. The van der Waals surface area contributed by atoms with E-state index in [1.54, 1.807) is 24.3 Å². The van der Waals surface area contributed by atoms with Crippen LogP contribution in [0.5, 0.6) is 0 Å². The van der Waals surface area contributed by atoms with Gasteiger partial charge in [0.2, 0.25) is 0 Å². The van der Waals surface area contributed by atoms with Crippen molar-refractivity contribution in [2.75, 3.05) is 5.32 Å². The third kappa shape index (κ3) is 3.65. The second-order valence-electron chi connectivity index (χ2n) is 5.80. The van der Waals surface area contributed by atoms with Gasteiger partial charge in [0, 0.05) is 10.3 Å². The van der Waals surface area contributed by atoms with Gasteiger partial charge in [0.25, 0.3) is 11.5 Å². The third-order valence-corrected chi connectivity index (χ3v) is 4.87. The van der Waals surface area contributed by atoms with Crippen molar-refractivity contribution in [2.45, 2.75) is 26.9 Å². The van der Waals surface area contributed by atoms with Crippen molar-refractivity contribution < 1.29 is 14.3 Å². The number of rotatable bonds is 4. The molecular weight excluding hydrogens is 354 g/mol. The van der Waals surface area contributed by atoms with Gasteiger partial charge in [0.05, 0.1) is 5.69 Å². The number of ether oxygens (including phenoxy) is 1. The summed E-state index contributed by atoms with van der Waals surface area (Å²) in [5.74, 6) is -1.27. The highest BCUT2D eigenvalue weighted by molar-refractivity contribution is 7.15. The Morgan fingerprint density at radius 1 is 1.27 bits per heavy atom. The van der Waals surface area contributed by atoms with Crippen LogP contribution in [0.15, 0.2) is 35.1 Å². The fourth-order valence-electron chi connectivity index (χ4n) is 2.33. The molecule has 1 atom stereocenters. The Balaban J connectivity index is 1.72. The van der Waals surface area contributed by atoms with Crippen LogP contribution in [-0.2, 0) is 9.53 Å². The zero-order valence-corrected chi connectivity index (χ0v) is 15.3. The van der Waals surface area contributed by atoms with Crippen LogP contribution in [0.2, 0.25) is 0 Å². The van der Waals surface area contributed by atoms with Crippen LogP contribution < -0.4 is 10.9 Å². The van der Waals surface area contributed by atoms with Crippen molar-refractivity contribution in [3.05, 3.63) is 57.0 Å². The summed E-state index contributed by atoms with van der Waals surface area (Å²) in [5.41, 5.74) is 0.443. The smallest absolute Gasteiger partial charge is 0.355 e. The topological polar surface area (TPSA) is 101 Å². The fraction of sp³-hybridized carbons (Fsp3) is 0.222. The molecule has 0 aliphatic heterocycles. The van der Waals surface area contributed by atoms with Crippen LogP contribution in [-0.4, -0.2) is 27.9 Å². The summed E-state index contributed by atoms with van der Waals surface area (Å²) >= 11 is 1.35. The van der Waals surface area contributed by atoms with Crippen LogP contribution in [0.1, 0.15) is 28.0 Å². The number of carbonyl (C=O) groups is 2. The largest absolute Gasteiger partial charge is 0.448 e. The van der Waals surface area contributed by atoms with E-state index < -0.39 is 18.0 Å². The Morgan fingerprint density at radius 3 is 2.69 bits per heavy atom. The Kier molecular flexibility index (Phi) is 4.85. The van der Waals surface area contributed by atoms with E-state index in [1.807, 2.05) is 13.8 Å². The molecule has 2 aromatic heterocycles. The number of nitrogens with one attached hydrogen (secondary N) is 2. The van der Waals surface area contributed by atoms with Gasteiger partial charge in [-0.25, -0.2) is 9.78 Å². The van der Waals surface area contributed by atoms with Gasteiger partial charge in [-0.3, -0.25) is 14.9 Å². The number of aromatic amines is 1. The number of hydrogen-bond donors (Lipinski definition) is 2. The number of anilines is 1. The Morgan fingerprint density at radius 2 is 2.00 bits per heavy atom. The number of aryl methyl sites for hydroxylation is 2. The van der Waals surface area contributed by atoms with E-state index in [9.17, 15) is 14.4 Å². The summed E-state index contributed by atoms with van der Waals surface area (Å²) in [4.78, 5) is 44.2. The van der Waals surface area contributed by atoms with Crippen LogP contribution >= 0.6 is 11.3 Å². The molecular formula is C18H17N3O4S. The van der Waals surface area contributed by atoms with Gasteiger partial charge in [0.1, 0.15) is 5.69 Å². The number of fused-ring (bicyclic) bond motifs is 1. The third-order valence-electron chi connectivity index (χ3n) is 3.89. The molecule has 0 saturated heterocycles. The van der Waals surface area contributed by atoms with Gasteiger partial charge in [0.15, 0.2) is 11.2 Å². The van der Waals surface area contributed by atoms with Crippen LogP contribution in [0.25, 0.3) is 10.8 Å². The maximum Gasteiger partial charge on any atom is 0.355 e. The number of thiazole rings is 1. The van der Waals surface area contributed by atoms with Crippen LogP contribution in [0, 0.1) is 13.8 Å². The Bertz CT molecular complexity index is 1030. The predicted molar refractivity (Wildman–Crippen MR) is 99.7 cm³/mol. The first-order chi connectivity index (χ1) is 12.3. The normalized spacial score (nSPS) is 12.0. The SMILES string of the molecule is Cc1nc(NC(=O)[C@H](C)OC(=O)c2cc3ccccc3c(=O)[nH]2)sc1C. The molecule has 134 valence electrons. The molecule has 8 heteroatoms. The zero-order chi connectivity index (χ0) is 18.8. The van der Waals surface area contributed by atoms with E-state index >= 15 is 0 Å². The molecule has 1 amide bonds. The average Bonchev–Trinajstić information content (AvgIpc) is 2.92. The summed E-state index contributed by atoms with van der Waals surface area (Å²) in [6.07, 6.45) is -1.04. The fourth-order valence-corrected chi connectivity index (χ4v) is 3.15. The van der Waals surface area contributed by atoms with Gasteiger partial charge >= 0.3 is 5.97 Å². The molecule has 1 aromatic carbocycles. The van der Waals surface area contributed by atoms with E-state index in [-0.39, 0.29) is 11.3 Å². The average molecular weight is 371 g/mol. The van der Waals surface area contributed by atoms with Gasteiger partial charge in [-0.15, -0.1) is 11.3 Å². The molecule has 3 aromatic rings. The van der Waals surface area contributed by atoms with Crippen molar-refractivity contribution >= 4 is 39.1 Å². The number of esters is 1. The number of benzene rings is 1. The van der Waals surface area contributed by atoms with Gasteiger partial charge in [-0.2, -0.15) is 0 Å². The second kappa shape index (κ2) is 7.09. The summed E-state index contributed by atoms with van der Waals surface area (Å²) in [6, 6.07) is 8.42. The lowest BCUT2D eigenvalue weighted by Crippen LogP contribution is -2.30. The highest BCUT2D eigenvalue weighted by atomic mass is 32.1. The minimum atomic E-state index is -1.04. The summed E-state index contributed by atoms with van der Waals surface area (Å²) in [7, 11) is 0.